The molecule has 3 nitrogen and oxygen atoms in total. The molecule has 0 radical (unpaired) electrons. The molecule has 0 bridgehead atoms. The zero-order valence-electron chi connectivity index (χ0n) is 9.61. The van der Waals surface area contributed by atoms with Crippen molar-refractivity contribution >= 4 is 5.82 Å². The van der Waals surface area contributed by atoms with Crippen molar-refractivity contribution in [1.29, 1.82) is 0 Å². The van der Waals surface area contributed by atoms with Gasteiger partial charge in [-0.2, -0.15) is 0 Å². The molecule has 1 aromatic heterocycles. The summed E-state index contributed by atoms with van der Waals surface area (Å²) in [5.41, 5.74) is 0.912. The van der Waals surface area contributed by atoms with Crippen LogP contribution >= 0.6 is 0 Å². The lowest BCUT2D eigenvalue weighted by Gasteiger charge is -2.23. The smallest absolute Gasteiger partial charge is 0.134 e. The summed E-state index contributed by atoms with van der Waals surface area (Å²) >= 11 is 0. The minimum Gasteiger partial charge on any atom is -0.392 e. The summed E-state index contributed by atoms with van der Waals surface area (Å²) in [6, 6.07) is 3.79. The van der Waals surface area contributed by atoms with Crippen molar-refractivity contribution in [2.24, 2.45) is 0 Å². The number of hydrogen-bond acceptors (Lipinski definition) is 3. The standard InChI is InChI=1S/C12H20N2O/c1-3-5-9-14(4-2)12-11(10-15)7-6-8-13-12/h6-8,15H,3-5,9-10H2,1-2H3. The third kappa shape index (κ3) is 3.20. The van der Waals surface area contributed by atoms with Gasteiger partial charge in [0.2, 0.25) is 0 Å². The number of aliphatic hydroxyl groups is 1. The number of rotatable bonds is 6. The lowest BCUT2D eigenvalue weighted by atomic mass is 10.2. The van der Waals surface area contributed by atoms with Crippen LogP contribution in [0.25, 0.3) is 0 Å². The molecule has 0 fully saturated rings. The van der Waals surface area contributed by atoms with E-state index in [4.69, 9.17) is 0 Å². The monoisotopic (exact) mass is 208 g/mol. The van der Waals surface area contributed by atoms with E-state index in [0.29, 0.717) is 0 Å². The van der Waals surface area contributed by atoms with Gasteiger partial charge in [-0.15, -0.1) is 0 Å². The van der Waals surface area contributed by atoms with E-state index in [2.05, 4.69) is 23.7 Å². The number of anilines is 1. The van der Waals surface area contributed by atoms with E-state index in [9.17, 15) is 5.11 Å². The summed E-state index contributed by atoms with van der Waals surface area (Å²) in [6.07, 6.45) is 4.12. The normalized spacial score (nSPS) is 10.3. The van der Waals surface area contributed by atoms with Crippen LogP contribution in [0, 0.1) is 0 Å². The Balaban J connectivity index is 2.80. The molecule has 0 saturated heterocycles. The zero-order chi connectivity index (χ0) is 11.1. The summed E-state index contributed by atoms with van der Waals surface area (Å²) in [5.74, 6) is 0.927. The van der Waals surface area contributed by atoms with Gasteiger partial charge in [0.25, 0.3) is 0 Å². The molecule has 1 rings (SSSR count). The molecule has 0 amide bonds. The highest BCUT2D eigenvalue weighted by atomic mass is 16.3. The van der Waals surface area contributed by atoms with Crippen LogP contribution in [-0.4, -0.2) is 23.2 Å². The van der Waals surface area contributed by atoms with E-state index < -0.39 is 0 Å². The van der Waals surface area contributed by atoms with E-state index in [1.165, 1.54) is 6.42 Å². The quantitative estimate of drug-likeness (QED) is 0.778. The third-order valence-corrected chi connectivity index (χ3v) is 2.50. The Labute approximate surface area is 91.8 Å². The molecule has 0 aromatic carbocycles. The lowest BCUT2D eigenvalue weighted by Crippen LogP contribution is -2.26. The van der Waals surface area contributed by atoms with Crippen molar-refractivity contribution < 1.29 is 5.11 Å². The number of aliphatic hydroxyl groups excluding tert-OH is 1. The van der Waals surface area contributed by atoms with Crippen LogP contribution in [0.1, 0.15) is 32.3 Å². The highest BCUT2D eigenvalue weighted by Gasteiger charge is 2.09. The second kappa shape index (κ2) is 6.40. The van der Waals surface area contributed by atoms with Gasteiger partial charge in [-0.05, 0) is 19.4 Å². The number of hydrogen-bond donors (Lipinski definition) is 1. The molecule has 0 atom stereocenters. The van der Waals surface area contributed by atoms with Crippen molar-refractivity contribution in [3.8, 4) is 0 Å². The average molecular weight is 208 g/mol. The first-order valence-electron chi connectivity index (χ1n) is 5.63. The molecule has 0 aliphatic carbocycles. The van der Waals surface area contributed by atoms with Crippen molar-refractivity contribution in [1.82, 2.24) is 4.98 Å². The Morgan fingerprint density at radius 1 is 1.40 bits per heavy atom. The number of unbranched alkanes of at least 4 members (excludes halogenated alkanes) is 1. The maximum atomic E-state index is 9.22. The molecular weight excluding hydrogens is 188 g/mol. The summed E-state index contributed by atoms with van der Waals surface area (Å²) in [4.78, 5) is 6.56. The molecule has 15 heavy (non-hydrogen) atoms. The number of aromatic nitrogens is 1. The largest absolute Gasteiger partial charge is 0.392 e. The van der Waals surface area contributed by atoms with Crippen LogP contribution in [0.15, 0.2) is 18.3 Å². The first-order valence-corrected chi connectivity index (χ1v) is 5.63. The molecule has 0 aliphatic rings. The Hall–Kier alpha value is -1.09. The molecule has 1 heterocycles. The first-order chi connectivity index (χ1) is 7.33. The summed E-state index contributed by atoms with van der Waals surface area (Å²) in [7, 11) is 0. The van der Waals surface area contributed by atoms with Gasteiger partial charge >= 0.3 is 0 Å². The van der Waals surface area contributed by atoms with Gasteiger partial charge in [0.15, 0.2) is 0 Å². The van der Waals surface area contributed by atoms with Crippen LogP contribution < -0.4 is 4.90 Å². The molecule has 0 unspecified atom stereocenters. The van der Waals surface area contributed by atoms with E-state index in [-0.39, 0.29) is 6.61 Å². The van der Waals surface area contributed by atoms with Crippen molar-refractivity contribution in [2.45, 2.75) is 33.3 Å². The highest BCUT2D eigenvalue weighted by Crippen LogP contribution is 2.17. The van der Waals surface area contributed by atoms with Gasteiger partial charge in [-0.1, -0.05) is 19.4 Å². The van der Waals surface area contributed by atoms with Gasteiger partial charge in [0.05, 0.1) is 6.61 Å². The zero-order valence-corrected chi connectivity index (χ0v) is 9.61. The Bertz CT molecular complexity index is 289. The Morgan fingerprint density at radius 2 is 2.20 bits per heavy atom. The summed E-state index contributed by atoms with van der Waals surface area (Å²) in [5, 5.41) is 9.22. The molecule has 1 N–H and O–H groups in total. The second-order valence-electron chi connectivity index (χ2n) is 3.58. The minimum absolute atomic E-state index is 0.0613. The number of nitrogens with zero attached hydrogens (tertiary/aromatic N) is 2. The van der Waals surface area contributed by atoms with E-state index in [1.54, 1.807) is 6.20 Å². The fraction of sp³-hybridized carbons (Fsp3) is 0.583. The molecular formula is C12H20N2O. The highest BCUT2D eigenvalue weighted by molar-refractivity contribution is 5.46. The van der Waals surface area contributed by atoms with Gasteiger partial charge in [-0.3, -0.25) is 0 Å². The van der Waals surface area contributed by atoms with Gasteiger partial charge in [0, 0.05) is 24.8 Å². The van der Waals surface area contributed by atoms with Gasteiger partial charge < -0.3 is 10.0 Å². The Kier molecular flexibility index (Phi) is 5.12. The molecule has 1 aromatic rings. The fourth-order valence-electron chi connectivity index (χ4n) is 1.60. The topological polar surface area (TPSA) is 36.4 Å². The predicted molar refractivity (Wildman–Crippen MR) is 63.0 cm³/mol. The molecule has 3 heteroatoms. The lowest BCUT2D eigenvalue weighted by molar-refractivity contribution is 0.281. The summed E-state index contributed by atoms with van der Waals surface area (Å²) < 4.78 is 0. The average Bonchev–Trinajstić information content (AvgIpc) is 2.30. The van der Waals surface area contributed by atoms with Crippen LogP contribution in [0.5, 0.6) is 0 Å². The minimum atomic E-state index is 0.0613. The maximum Gasteiger partial charge on any atom is 0.134 e. The Morgan fingerprint density at radius 3 is 2.80 bits per heavy atom. The van der Waals surface area contributed by atoms with E-state index in [1.807, 2.05) is 12.1 Å². The molecule has 0 spiro atoms. The maximum absolute atomic E-state index is 9.22. The van der Waals surface area contributed by atoms with Gasteiger partial charge in [-0.25, -0.2) is 4.98 Å². The van der Waals surface area contributed by atoms with Crippen LogP contribution in [0.2, 0.25) is 0 Å². The van der Waals surface area contributed by atoms with Crippen LogP contribution in [0.3, 0.4) is 0 Å². The van der Waals surface area contributed by atoms with Crippen molar-refractivity contribution in [2.75, 3.05) is 18.0 Å². The van der Waals surface area contributed by atoms with Gasteiger partial charge in [0.1, 0.15) is 5.82 Å². The third-order valence-electron chi connectivity index (χ3n) is 2.50. The molecule has 84 valence electrons. The van der Waals surface area contributed by atoms with Crippen LogP contribution in [-0.2, 0) is 6.61 Å². The van der Waals surface area contributed by atoms with Crippen molar-refractivity contribution in [3.05, 3.63) is 23.9 Å². The van der Waals surface area contributed by atoms with Crippen molar-refractivity contribution in [3.63, 3.8) is 0 Å². The fourth-order valence-corrected chi connectivity index (χ4v) is 1.60. The first kappa shape index (κ1) is 12.0. The van der Waals surface area contributed by atoms with Crippen LogP contribution in [0.4, 0.5) is 5.82 Å². The second-order valence-corrected chi connectivity index (χ2v) is 3.58. The summed E-state index contributed by atoms with van der Waals surface area (Å²) in [6.45, 7) is 6.30. The molecule has 0 aliphatic heterocycles. The van der Waals surface area contributed by atoms with E-state index >= 15 is 0 Å². The predicted octanol–water partition coefficient (Wildman–Crippen LogP) is 2.20. The SMILES string of the molecule is CCCCN(CC)c1ncccc1CO. The molecule has 0 saturated carbocycles. The van der Waals surface area contributed by atoms with E-state index in [0.717, 1.165) is 30.9 Å². The number of pyridine rings is 1.